The molecular formula is C16H22N2O2. The van der Waals surface area contributed by atoms with Gasteiger partial charge in [-0.05, 0) is 45.7 Å². The molecule has 1 heterocycles. The molecule has 0 bridgehead atoms. The third kappa shape index (κ3) is 2.55. The van der Waals surface area contributed by atoms with Crippen molar-refractivity contribution in [1.29, 1.82) is 0 Å². The van der Waals surface area contributed by atoms with Gasteiger partial charge in [0.25, 0.3) is 0 Å². The first kappa shape index (κ1) is 14.6. The lowest BCUT2D eigenvalue weighted by atomic mass is 9.90. The van der Waals surface area contributed by atoms with Crippen molar-refractivity contribution in [3.8, 4) is 0 Å². The summed E-state index contributed by atoms with van der Waals surface area (Å²) in [5.41, 5.74) is 1.05. The summed E-state index contributed by atoms with van der Waals surface area (Å²) in [5, 5.41) is 2.82. The van der Waals surface area contributed by atoms with Crippen molar-refractivity contribution in [2.24, 2.45) is 5.41 Å². The summed E-state index contributed by atoms with van der Waals surface area (Å²) >= 11 is 0. The first-order chi connectivity index (χ1) is 9.34. The largest absolute Gasteiger partial charge is 0.353 e. The van der Waals surface area contributed by atoms with E-state index >= 15 is 0 Å². The number of amides is 2. The SMILES string of the molecule is CC(C)NC(=O)C(C)(C)C(=O)N1CCc2ccccc21. The lowest BCUT2D eigenvalue weighted by Gasteiger charge is -2.29. The van der Waals surface area contributed by atoms with E-state index in [1.54, 1.807) is 18.7 Å². The molecule has 2 rings (SSSR count). The molecule has 1 aromatic rings. The fourth-order valence-electron chi connectivity index (χ4n) is 2.43. The van der Waals surface area contributed by atoms with Crippen molar-refractivity contribution in [3.05, 3.63) is 29.8 Å². The fraction of sp³-hybridized carbons (Fsp3) is 0.500. The second kappa shape index (κ2) is 5.27. The molecule has 0 aliphatic carbocycles. The molecule has 0 spiro atoms. The number of hydrogen-bond acceptors (Lipinski definition) is 2. The summed E-state index contributed by atoms with van der Waals surface area (Å²) in [6, 6.07) is 7.90. The number of rotatable bonds is 3. The molecule has 0 radical (unpaired) electrons. The molecule has 4 nitrogen and oxygen atoms in total. The van der Waals surface area contributed by atoms with Gasteiger partial charge in [-0.3, -0.25) is 9.59 Å². The molecule has 20 heavy (non-hydrogen) atoms. The van der Waals surface area contributed by atoms with Crippen LogP contribution < -0.4 is 10.2 Å². The lowest BCUT2D eigenvalue weighted by Crippen LogP contribution is -2.50. The van der Waals surface area contributed by atoms with Gasteiger partial charge in [-0.2, -0.15) is 0 Å². The van der Waals surface area contributed by atoms with Gasteiger partial charge in [0.2, 0.25) is 11.8 Å². The highest BCUT2D eigenvalue weighted by molar-refractivity contribution is 6.11. The second-order valence-corrected chi connectivity index (χ2v) is 6.09. The fourth-order valence-corrected chi connectivity index (χ4v) is 2.43. The zero-order chi connectivity index (χ0) is 14.9. The molecule has 0 saturated carbocycles. The predicted octanol–water partition coefficient (Wildman–Crippen LogP) is 2.13. The molecule has 0 atom stereocenters. The zero-order valence-electron chi connectivity index (χ0n) is 12.6. The molecule has 1 N–H and O–H groups in total. The molecular weight excluding hydrogens is 252 g/mol. The number of para-hydroxylation sites is 1. The number of carbonyl (C=O) groups is 2. The highest BCUT2D eigenvalue weighted by atomic mass is 16.2. The number of fused-ring (bicyclic) bond motifs is 1. The zero-order valence-corrected chi connectivity index (χ0v) is 12.6. The normalized spacial score (nSPS) is 14.3. The number of benzene rings is 1. The number of nitrogens with one attached hydrogen (secondary N) is 1. The van der Waals surface area contributed by atoms with Crippen molar-refractivity contribution in [3.63, 3.8) is 0 Å². The molecule has 2 amide bonds. The van der Waals surface area contributed by atoms with Gasteiger partial charge < -0.3 is 10.2 Å². The maximum Gasteiger partial charge on any atom is 0.242 e. The number of nitrogens with zero attached hydrogens (tertiary/aromatic N) is 1. The van der Waals surface area contributed by atoms with Gasteiger partial charge in [0.1, 0.15) is 5.41 Å². The van der Waals surface area contributed by atoms with E-state index in [9.17, 15) is 9.59 Å². The Bertz CT molecular complexity index is 535. The van der Waals surface area contributed by atoms with Crippen molar-refractivity contribution in [2.45, 2.75) is 40.2 Å². The highest BCUT2D eigenvalue weighted by Gasteiger charge is 2.41. The number of carbonyl (C=O) groups excluding carboxylic acids is 2. The minimum absolute atomic E-state index is 0.0282. The Morgan fingerprint density at radius 1 is 1.25 bits per heavy atom. The Hall–Kier alpha value is -1.84. The summed E-state index contributed by atoms with van der Waals surface area (Å²) < 4.78 is 0. The van der Waals surface area contributed by atoms with Gasteiger partial charge in [-0.15, -0.1) is 0 Å². The first-order valence-electron chi connectivity index (χ1n) is 7.05. The van der Waals surface area contributed by atoms with E-state index in [1.165, 1.54) is 5.56 Å². The van der Waals surface area contributed by atoms with Gasteiger partial charge in [0.15, 0.2) is 0 Å². The van der Waals surface area contributed by atoms with Gasteiger partial charge in [0.05, 0.1) is 0 Å². The first-order valence-corrected chi connectivity index (χ1v) is 7.05. The molecule has 1 aliphatic heterocycles. The van der Waals surface area contributed by atoms with Crippen molar-refractivity contribution in [1.82, 2.24) is 5.32 Å². The molecule has 1 aliphatic rings. The van der Waals surface area contributed by atoms with E-state index in [4.69, 9.17) is 0 Å². The van der Waals surface area contributed by atoms with Gasteiger partial charge in [-0.25, -0.2) is 0 Å². The van der Waals surface area contributed by atoms with Crippen LogP contribution in [0.25, 0.3) is 0 Å². The van der Waals surface area contributed by atoms with Crippen LogP contribution in [0.1, 0.15) is 33.3 Å². The minimum atomic E-state index is -1.05. The lowest BCUT2D eigenvalue weighted by molar-refractivity contribution is -0.140. The number of hydrogen-bond donors (Lipinski definition) is 1. The summed E-state index contributed by atoms with van der Waals surface area (Å²) in [6.07, 6.45) is 0.851. The monoisotopic (exact) mass is 274 g/mol. The predicted molar refractivity (Wildman–Crippen MR) is 79.6 cm³/mol. The third-order valence-corrected chi connectivity index (χ3v) is 3.65. The Balaban J connectivity index is 2.22. The third-order valence-electron chi connectivity index (χ3n) is 3.65. The molecule has 0 fully saturated rings. The van der Waals surface area contributed by atoms with Crippen LogP contribution in [-0.2, 0) is 16.0 Å². The maximum atomic E-state index is 12.7. The summed E-state index contributed by atoms with van der Waals surface area (Å²) in [5.74, 6) is -0.359. The van der Waals surface area contributed by atoms with Crippen LogP contribution >= 0.6 is 0 Å². The van der Waals surface area contributed by atoms with Crippen molar-refractivity contribution in [2.75, 3.05) is 11.4 Å². The number of anilines is 1. The van der Waals surface area contributed by atoms with Crippen LogP contribution in [0.15, 0.2) is 24.3 Å². The van der Waals surface area contributed by atoms with Crippen LogP contribution in [0.5, 0.6) is 0 Å². The Labute approximate surface area is 120 Å². The summed E-state index contributed by atoms with van der Waals surface area (Å²) in [6.45, 7) is 7.81. The van der Waals surface area contributed by atoms with Gasteiger partial charge >= 0.3 is 0 Å². The van der Waals surface area contributed by atoms with E-state index in [2.05, 4.69) is 5.32 Å². The summed E-state index contributed by atoms with van der Waals surface area (Å²) in [4.78, 5) is 26.7. The van der Waals surface area contributed by atoms with Crippen molar-refractivity contribution < 1.29 is 9.59 Å². The Morgan fingerprint density at radius 3 is 2.55 bits per heavy atom. The van der Waals surface area contributed by atoms with E-state index in [0.29, 0.717) is 6.54 Å². The standard InChI is InChI=1S/C16H22N2O2/c1-11(2)17-14(19)16(3,4)15(20)18-10-9-12-7-5-6-8-13(12)18/h5-8,11H,9-10H2,1-4H3,(H,17,19). The van der Waals surface area contributed by atoms with Crippen LogP contribution in [0.2, 0.25) is 0 Å². The molecule has 0 saturated heterocycles. The smallest absolute Gasteiger partial charge is 0.242 e. The van der Waals surface area contributed by atoms with Crippen LogP contribution in [-0.4, -0.2) is 24.4 Å². The van der Waals surface area contributed by atoms with E-state index in [-0.39, 0.29) is 17.9 Å². The van der Waals surface area contributed by atoms with Crippen LogP contribution in [0.4, 0.5) is 5.69 Å². The van der Waals surface area contributed by atoms with Gasteiger partial charge in [0, 0.05) is 18.3 Å². The van der Waals surface area contributed by atoms with E-state index < -0.39 is 5.41 Å². The van der Waals surface area contributed by atoms with Crippen LogP contribution in [0.3, 0.4) is 0 Å². The second-order valence-electron chi connectivity index (χ2n) is 6.09. The average molecular weight is 274 g/mol. The minimum Gasteiger partial charge on any atom is -0.353 e. The Kier molecular flexibility index (Phi) is 3.84. The van der Waals surface area contributed by atoms with E-state index in [0.717, 1.165) is 12.1 Å². The molecule has 108 valence electrons. The molecule has 4 heteroatoms. The topological polar surface area (TPSA) is 49.4 Å². The highest BCUT2D eigenvalue weighted by Crippen LogP contribution is 2.31. The summed E-state index contributed by atoms with van der Waals surface area (Å²) in [7, 11) is 0. The quantitative estimate of drug-likeness (QED) is 0.858. The van der Waals surface area contributed by atoms with E-state index in [1.807, 2.05) is 38.1 Å². The average Bonchev–Trinajstić information content (AvgIpc) is 2.80. The van der Waals surface area contributed by atoms with Gasteiger partial charge in [-0.1, -0.05) is 18.2 Å². The maximum absolute atomic E-state index is 12.7. The molecule has 0 unspecified atom stereocenters. The van der Waals surface area contributed by atoms with Crippen LogP contribution in [0, 0.1) is 5.41 Å². The molecule has 1 aromatic carbocycles. The molecule has 0 aromatic heterocycles. The van der Waals surface area contributed by atoms with Crippen molar-refractivity contribution >= 4 is 17.5 Å². The Morgan fingerprint density at radius 2 is 1.90 bits per heavy atom.